The van der Waals surface area contributed by atoms with Crippen LogP contribution in [0.2, 0.25) is 0 Å². The Labute approximate surface area is 200 Å². The minimum absolute atomic E-state index is 0.106. The van der Waals surface area contributed by atoms with Crippen molar-refractivity contribution in [1.82, 2.24) is 4.90 Å². The van der Waals surface area contributed by atoms with Gasteiger partial charge in [-0.1, -0.05) is 18.2 Å². The number of carboxylic acids is 1. The number of esters is 1. The minimum atomic E-state index is -2.46. The molecule has 1 aromatic rings. The molecule has 1 aliphatic carbocycles. The lowest BCUT2D eigenvalue weighted by atomic mass is 9.47. The van der Waals surface area contributed by atoms with Crippen molar-refractivity contribution in [2.24, 2.45) is 11.3 Å². The molecule has 1 saturated carbocycles. The fraction of sp³-hybridized carbons (Fsp3) is 0.542. The first-order chi connectivity index (χ1) is 16.8. The van der Waals surface area contributed by atoms with Crippen LogP contribution in [-0.2, 0) is 24.5 Å². The van der Waals surface area contributed by atoms with Gasteiger partial charge in [-0.15, -0.1) is 0 Å². The highest BCUT2D eigenvalue weighted by molar-refractivity contribution is 6.02. The zero-order valence-corrected chi connectivity index (χ0v) is 19.4. The molecule has 5 unspecified atom stereocenters. The van der Waals surface area contributed by atoms with Crippen LogP contribution in [0.25, 0.3) is 0 Å². The lowest BCUT2D eigenvalue weighted by Crippen LogP contribution is -2.75. The van der Waals surface area contributed by atoms with Gasteiger partial charge in [0.25, 0.3) is 5.72 Å². The van der Waals surface area contributed by atoms with Crippen molar-refractivity contribution in [2.75, 3.05) is 39.0 Å². The number of carbonyl (C=O) groups excluding carboxylic acids is 2. The number of anilines is 1. The monoisotopic (exact) mass is 486 g/mol. The largest absolute Gasteiger partial charge is 0.481 e. The average Bonchev–Trinajstić information content (AvgIpc) is 3.50. The summed E-state index contributed by atoms with van der Waals surface area (Å²) in [6.07, 6.45) is 3.48. The summed E-state index contributed by atoms with van der Waals surface area (Å²) in [5.41, 5.74) is -3.90. The Morgan fingerprint density at radius 2 is 1.94 bits per heavy atom. The molecule has 0 aromatic heterocycles. The highest BCUT2D eigenvalue weighted by atomic mass is 16.7. The molecule has 4 aliphatic heterocycles. The van der Waals surface area contributed by atoms with Gasteiger partial charge in [-0.05, 0) is 37.4 Å². The molecule has 1 aromatic carbocycles. The summed E-state index contributed by atoms with van der Waals surface area (Å²) in [6, 6.07) is 2.96. The number of rotatable bonds is 2. The molecule has 2 N–H and O–H groups in total. The summed E-state index contributed by atoms with van der Waals surface area (Å²) in [4.78, 5) is 42.4. The zero-order chi connectivity index (χ0) is 24.8. The summed E-state index contributed by atoms with van der Waals surface area (Å²) >= 11 is 0. The number of ether oxygens (including phenoxy) is 4. The molecule has 6 rings (SSSR count). The van der Waals surface area contributed by atoms with E-state index in [1.165, 1.54) is 0 Å². The lowest BCUT2D eigenvalue weighted by molar-refractivity contribution is -0.183. The van der Waals surface area contributed by atoms with Crippen molar-refractivity contribution >= 4 is 23.7 Å². The minimum Gasteiger partial charge on any atom is -0.481 e. The molecule has 11 heteroatoms. The normalized spacial score (nSPS) is 36.1. The van der Waals surface area contributed by atoms with Crippen molar-refractivity contribution < 1.29 is 43.5 Å². The van der Waals surface area contributed by atoms with Crippen LogP contribution in [-0.4, -0.2) is 79.0 Å². The molecule has 1 saturated heterocycles. The number of carboxylic acid groups (broad SMARTS) is 1. The third-order valence-electron chi connectivity index (χ3n) is 8.68. The molecule has 0 bridgehead atoms. The summed E-state index contributed by atoms with van der Waals surface area (Å²) < 4.78 is 21.4. The number of amides is 1. The van der Waals surface area contributed by atoms with Crippen molar-refractivity contribution in [3.63, 3.8) is 0 Å². The molecule has 11 nitrogen and oxygen atoms in total. The first-order valence-electron chi connectivity index (χ1n) is 11.5. The van der Waals surface area contributed by atoms with Gasteiger partial charge in [0.15, 0.2) is 11.5 Å². The second-order valence-corrected chi connectivity index (χ2v) is 9.75. The molecule has 4 heterocycles. The maximum Gasteiger partial charge on any atom is 0.417 e. The maximum absolute atomic E-state index is 13.4. The highest BCUT2D eigenvalue weighted by Crippen LogP contribution is 2.68. The van der Waals surface area contributed by atoms with E-state index in [0.29, 0.717) is 30.8 Å². The van der Waals surface area contributed by atoms with Crippen LogP contribution in [0.1, 0.15) is 24.8 Å². The van der Waals surface area contributed by atoms with Gasteiger partial charge in [0.1, 0.15) is 11.1 Å². The van der Waals surface area contributed by atoms with E-state index in [2.05, 4.69) is 4.90 Å². The van der Waals surface area contributed by atoms with Crippen LogP contribution in [0, 0.1) is 11.3 Å². The Balaban J connectivity index is 1.72. The molecule has 5 atom stereocenters. The van der Waals surface area contributed by atoms with Crippen LogP contribution in [0.4, 0.5) is 10.5 Å². The molecule has 186 valence electrons. The van der Waals surface area contributed by atoms with Gasteiger partial charge in [0.2, 0.25) is 6.79 Å². The third-order valence-corrected chi connectivity index (χ3v) is 8.68. The SMILES string of the molecule is COC(=O)N1c2c(ccc3c2OCO3)C23CCN4CC=CC(C(=O)O)(CCC2C1(O)C(=O)OC)C43. The van der Waals surface area contributed by atoms with E-state index in [0.717, 1.165) is 19.1 Å². The smallest absolute Gasteiger partial charge is 0.417 e. The van der Waals surface area contributed by atoms with Gasteiger partial charge in [-0.2, -0.15) is 0 Å². The molecular weight excluding hydrogens is 460 g/mol. The molecule has 1 amide bonds. The molecule has 2 fully saturated rings. The predicted molar refractivity (Wildman–Crippen MR) is 118 cm³/mol. The molecular formula is C24H26N2O9. The number of aliphatic carboxylic acids is 1. The van der Waals surface area contributed by atoms with Gasteiger partial charge in [-0.3, -0.25) is 9.69 Å². The van der Waals surface area contributed by atoms with Gasteiger partial charge in [-0.25, -0.2) is 14.5 Å². The number of nitrogens with zero attached hydrogens (tertiary/aromatic N) is 2. The fourth-order valence-electron chi connectivity index (χ4n) is 7.53. The van der Waals surface area contributed by atoms with Crippen molar-refractivity contribution in [2.45, 2.75) is 36.4 Å². The number of methoxy groups -OCH3 is 2. The first kappa shape index (κ1) is 22.2. The van der Waals surface area contributed by atoms with Crippen molar-refractivity contribution in [3.05, 3.63) is 29.8 Å². The van der Waals surface area contributed by atoms with Crippen LogP contribution in [0.5, 0.6) is 11.5 Å². The Hall–Kier alpha value is -3.31. The second kappa shape index (κ2) is 7.11. The van der Waals surface area contributed by atoms with E-state index in [9.17, 15) is 24.6 Å². The number of carbonyl (C=O) groups is 3. The molecule has 5 aliphatic rings. The Kier molecular flexibility index (Phi) is 4.50. The number of aliphatic hydroxyl groups is 1. The van der Waals surface area contributed by atoms with E-state index in [1.54, 1.807) is 18.2 Å². The predicted octanol–water partition coefficient (Wildman–Crippen LogP) is 1.23. The summed E-state index contributed by atoms with van der Waals surface area (Å²) in [6.45, 7) is 1.00. The van der Waals surface area contributed by atoms with Crippen molar-refractivity contribution in [3.8, 4) is 11.5 Å². The van der Waals surface area contributed by atoms with Crippen LogP contribution in [0.3, 0.4) is 0 Å². The third kappa shape index (κ3) is 2.40. The molecule has 1 spiro atoms. The quantitative estimate of drug-likeness (QED) is 0.464. The molecule has 35 heavy (non-hydrogen) atoms. The summed E-state index contributed by atoms with van der Waals surface area (Å²) in [5.74, 6) is -2.30. The zero-order valence-electron chi connectivity index (χ0n) is 19.4. The van der Waals surface area contributed by atoms with Crippen LogP contribution >= 0.6 is 0 Å². The van der Waals surface area contributed by atoms with Gasteiger partial charge in [0, 0.05) is 23.9 Å². The van der Waals surface area contributed by atoms with Gasteiger partial charge in [0.05, 0.1) is 14.2 Å². The van der Waals surface area contributed by atoms with Gasteiger partial charge < -0.3 is 29.2 Å². The van der Waals surface area contributed by atoms with E-state index < -0.39 is 46.5 Å². The van der Waals surface area contributed by atoms with Crippen LogP contribution < -0.4 is 14.4 Å². The van der Waals surface area contributed by atoms with Crippen molar-refractivity contribution in [1.29, 1.82) is 0 Å². The van der Waals surface area contributed by atoms with E-state index >= 15 is 0 Å². The van der Waals surface area contributed by atoms with E-state index in [4.69, 9.17) is 18.9 Å². The molecule has 0 radical (unpaired) electrons. The Morgan fingerprint density at radius 1 is 1.14 bits per heavy atom. The first-order valence-corrected chi connectivity index (χ1v) is 11.5. The fourth-order valence-corrected chi connectivity index (χ4v) is 7.53. The Morgan fingerprint density at radius 3 is 2.66 bits per heavy atom. The van der Waals surface area contributed by atoms with Crippen LogP contribution in [0.15, 0.2) is 24.3 Å². The van der Waals surface area contributed by atoms with E-state index in [-0.39, 0.29) is 31.1 Å². The summed E-state index contributed by atoms with van der Waals surface area (Å²) in [7, 11) is 2.30. The highest BCUT2D eigenvalue weighted by Gasteiger charge is 2.75. The van der Waals surface area contributed by atoms with E-state index in [1.807, 2.05) is 6.08 Å². The topological polar surface area (TPSA) is 135 Å². The number of fused-ring (bicyclic) bond motifs is 3. The average molecular weight is 486 g/mol. The maximum atomic E-state index is 13.4. The second-order valence-electron chi connectivity index (χ2n) is 9.75. The number of hydrogen-bond donors (Lipinski definition) is 2. The summed E-state index contributed by atoms with van der Waals surface area (Å²) in [5, 5.41) is 22.8. The number of benzene rings is 1. The van der Waals surface area contributed by atoms with Gasteiger partial charge >= 0.3 is 18.0 Å². The number of hydrogen-bond acceptors (Lipinski definition) is 9. The Bertz CT molecular complexity index is 1180. The lowest BCUT2D eigenvalue weighted by Gasteiger charge is -2.62. The standard InChI is InChI=1S/C24H26N2O9/c1-32-20(29)24(31)15-6-8-22(19(27)28)7-3-10-25-11-9-23(15,18(22)25)13-4-5-14-17(35-12-34-14)16(13)26(24)21(30)33-2/h3-5,7,15,18,31H,6,8-12H2,1-2H3,(H,27,28).